The van der Waals surface area contributed by atoms with E-state index in [1.807, 2.05) is 54.6 Å². The van der Waals surface area contributed by atoms with Crippen LogP contribution in [0, 0.1) is 0 Å². The summed E-state index contributed by atoms with van der Waals surface area (Å²) in [4.78, 5) is 17.5. The molecule has 5 nitrogen and oxygen atoms in total. The van der Waals surface area contributed by atoms with Crippen molar-refractivity contribution in [3.63, 3.8) is 0 Å². The van der Waals surface area contributed by atoms with Crippen LogP contribution in [0.5, 0.6) is 11.5 Å². The van der Waals surface area contributed by atoms with Gasteiger partial charge >= 0.3 is 0 Å². The average Bonchev–Trinajstić information content (AvgIpc) is 2.77. The summed E-state index contributed by atoms with van der Waals surface area (Å²) < 4.78 is 5.83. The molecular weight excluding hydrogens is 374 g/mol. The number of likely N-dealkylation sites (N-methyl/N-ethyl adjacent to an activating group) is 1. The van der Waals surface area contributed by atoms with E-state index >= 15 is 0 Å². The van der Waals surface area contributed by atoms with Crippen molar-refractivity contribution in [2.75, 3.05) is 38.5 Å². The van der Waals surface area contributed by atoms with E-state index in [0.29, 0.717) is 11.3 Å². The minimum atomic E-state index is -0.152. The number of amides is 1. The molecule has 30 heavy (non-hydrogen) atoms. The van der Waals surface area contributed by atoms with Crippen LogP contribution in [0.15, 0.2) is 78.9 Å². The Morgan fingerprint density at radius 2 is 1.57 bits per heavy atom. The van der Waals surface area contributed by atoms with Crippen LogP contribution in [0.25, 0.3) is 0 Å². The van der Waals surface area contributed by atoms with Gasteiger partial charge in [0.1, 0.15) is 11.5 Å². The van der Waals surface area contributed by atoms with E-state index in [-0.39, 0.29) is 5.91 Å². The second kappa shape index (κ2) is 9.57. The van der Waals surface area contributed by atoms with E-state index in [1.165, 1.54) is 5.56 Å². The van der Waals surface area contributed by atoms with Gasteiger partial charge in [0.2, 0.25) is 0 Å². The molecule has 0 aromatic heterocycles. The standard InChI is InChI=1S/C25H27N3O2/c1-27-14-16-28(17-15-27)19-20-10-12-22(13-11-20)26-25(29)21-6-5-9-24(18-21)30-23-7-3-2-4-8-23/h2-13,18H,14-17,19H2,1H3,(H,26,29). The van der Waals surface area contributed by atoms with E-state index in [2.05, 4.69) is 34.3 Å². The molecule has 0 radical (unpaired) electrons. The summed E-state index contributed by atoms with van der Waals surface area (Å²) >= 11 is 0. The molecule has 1 fully saturated rings. The topological polar surface area (TPSA) is 44.8 Å². The highest BCUT2D eigenvalue weighted by atomic mass is 16.5. The number of rotatable bonds is 6. The van der Waals surface area contributed by atoms with Crippen molar-refractivity contribution in [1.29, 1.82) is 0 Å². The summed E-state index contributed by atoms with van der Waals surface area (Å²) in [6.45, 7) is 5.36. The fourth-order valence-electron chi connectivity index (χ4n) is 3.49. The smallest absolute Gasteiger partial charge is 0.255 e. The first-order valence-electron chi connectivity index (χ1n) is 10.3. The lowest BCUT2D eigenvalue weighted by atomic mass is 10.1. The van der Waals surface area contributed by atoms with Gasteiger partial charge in [-0.1, -0.05) is 36.4 Å². The zero-order valence-electron chi connectivity index (χ0n) is 17.3. The molecule has 0 saturated carbocycles. The Kier molecular flexibility index (Phi) is 6.42. The molecular formula is C25H27N3O2. The number of nitrogens with one attached hydrogen (secondary N) is 1. The molecule has 1 amide bonds. The highest BCUT2D eigenvalue weighted by Crippen LogP contribution is 2.22. The van der Waals surface area contributed by atoms with Crippen LogP contribution in [0.1, 0.15) is 15.9 Å². The third-order valence-electron chi connectivity index (χ3n) is 5.29. The number of para-hydroxylation sites is 1. The first-order chi connectivity index (χ1) is 14.7. The first kappa shape index (κ1) is 20.1. The zero-order valence-corrected chi connectivity index (χ0v) is 17.3. The zero-order chi connectivity index (χ0) is 20.8. The maximum absolute atomic E-state index is 12.7. The molecule has 1 aliphatic rings. The maximum atomic E-state index is 12.7. The highest BCUT2D eigenvalue weighted by molar-refractivity contribution is 6.04. The summed E-state index contributed by atoms with van der Waals surface area (Å²) in [7, 11) is 2.16. The van der Waals surface area contributed by atoms with E-state index in [0.717, 1.165) is 44.2 Å². The number of ether oxygens (including phenoxy) is 1. The molecule has 0 unspecified atom stereocenters. The number of anilines is 1. The predicted molar refractivity (Wildman–Crippen MR) is 120 cm³/mol. The largest absolute Gasteiger partial charge is 0.457 e. The third kappa shape index (κ3) is 5.47. The Morgan fingerprint density at radius 3 is 2.30 bits per heavy atom. The third-order valence-corrected chi connectivity index (χ3v) is 5.29. The molecule has 1 aliphatic heterocycles. The minimum absolute atomic E-state index is 0.152. The molecule has 154 valence electrons. The van der Waals surface area contributed by atoms with Crippen LogP contribution in [0.2, 0.25) is 0 Å². The number of hydrogen-bond donors (Lipinski definition) is 1. The molecule has 0 spiro atoms. The van der Waals surface area contributed by atoms with Gasteiger partial charge in [-0.25, -0.2) is 0 Å². The quantitative estimate of drug-likeness (QED) is 0.662. The molecule has 3 aromatic rings. The van der Waals surface area contributed by atoms with Gasteiger partial charge < -0.3 is 15.0 Å². The first-order valence-corrected chi connectivity index (χ1v) is 10.3. The fraction of sp³-hybridized carbons (Fsp3) is 0.240. The van der Waals surface area contributed by atoms with Crippen molar-refractivity contribution < 1.29 is 9.53 Å². The van der Waals surface area contributed by atoms with Gasteiger partial charge in [-0.15, -0.1) is 0 Å². The van der Waals surface area contributed by atoms with Gasteiger partial charge in [-0.05, 0) is 55.1 Å². The second-order valence-corrected chi connectivity index (χ2v) is 7.67. The Balaban J connectivity index is 1.35. The number of carbonyl (C=O) groups is 1. The molecule has 1 heterocycles. The van der Waals surface area contributed by atoms with Crippen LogP contribution in [0.3, 0.4) is 0 Å². The van der Waals surface area contributed by atoms with Crippen molar-refractivity contribution in [2.45, 2.75) is 6.54 Å². The van der Waals surface area contributed by atoms with E-state index < -0.39 is 0 Å². The lowest BCUT2D eigenvalue weighted by Gasteiger charge is -2.32. The predicted octanol–water partition coefficient (Wildman–Crippen LogP) is 4.48. The van der Waals surface area contributed by atoms with Gasteiger partial charge in [-0.2, -0.15) is 0 Å². The Morgan fingerprint density at radius 1 is 0.867 bits per heavy atom. The molecule has 0 bridgehead atoms. The minimum Gasteiger partial charge on any atom is -0.457 e. The fourth-order valence-corrected chi connectivity index (χ4v) is 3.49. The monoisotopic (exact) mass is 401 g/mol. The van der Waals surface area contributed by atoms with Crippen LogP contribution in [-0.2, 0) is 6.54 Å². The average molecular weight is 402 g/mol. The lowest BCUT2D eigenvalue weighted by Crippen LogP contribution is -2.43. The van der Waals surface area contributed by atoms with Crippen LogP contribution in [-0.4, -0.2) is 48.9 Å². The molecule has 0 aliphatic carbocycles. The van der Waals surface area contributed by atoms with Crippen molar-refractivity contribution in [3.8, 4) is 11.5 Å². The Bertz CT molecular complexity index is 965. The molecule has 1 saturated heterocycles. The summed E-state index contributed by atoms with van der Waals surface area (Å²) in [5, 5.41) is 2.97. The van der Waals surface area contributed by atoms with Crippen LogP contribution < -0.4 is 10.1 Å². The molecule has 0 atom stereocenters. The number of piperazine rings is 1. The summed E-state index contributed by atoms with van der Waals surface area (Å²) in [5.74, 6) is 1.22. The Labute approximate surface area is 177 Å². The molecule has 1 N–H and O–H groups in total. The van der Waals surface area contributed by atoms with E-state index in [1.54, 1.807) is 12.1 Å². The van der Waals surface area contributed by atoms with Crippen molar-refractivity contribution >= 4 is 11.6 Å². The SMILES string of the molecule is CN1CCN(Cc2ccc(NC(=O)c3cccc(Oc4ccccc4)c3)cc2)CC1. The van der Waals surface area contributed by atoms with Gasteiger partial charge in [0.15, 0.2) is 0 Å². The van der Waals surface area contributed by atoms with Gasteiger partial charge in [0, 0.05) is 44.0 Å². The van der Waals surface area contributed by atoms with E-state index in [9.17, 15) is 4.79 Å². The maximum Gasteiger partial charge on any atom is 0.255 e. The summed E-state index contributed by atoms with van der Waals surface area (Å²) in [6.07, 6.45) is 0. The second-order valence-electron chi connectivity index (χ2n) is 7.67. The van der Waals surface area contributed by atoms with Crippen molar-refractivity contribution in [3.05, 3.63) is 90.0 Å². The molecule has 4 rings (SSSR count). The lowest BCUT2D eigenvalue weighted by molar-refractivity contribution is 0.102. The normalized spacial score (nSPS) is 15.0. The van der Waals surface area contributed by atoms with Crippen molar-refractivity contribution in [1.82, 2.24) is 9.80 Å². The molecule has 5 heteroatoms. The van der Waals surface area contributed by atoms with Gasteiger partial charge in [0.25, 0.3) is 5.91 Å². The van der Waals surface area contributed by atoms with Gasteiger partial charge in [0.05, 0.1) is 0 Å². The highest BCUT2D eigenvalue weighted by Gasteiger charge is 2.14. The molecule has 3 aromatic carbocycles. The summed E-state index contributed by atoms with van der Waals surface area (Å²) in [5.41, 5.74) is 2.61. The van der Waals surface area contributed by atoms with Crippen molar-refractivity contribution in [2.24, 2.45) is 0 Å². The van der Waals surface area contributed by atoms with Crippen LogP contribution in [0.4, 0.5) is 5.69 Å². The summed E-state index contributed by atoms with van der Waals surface area (Å²) in [6, 6.07) is 24.9. The number of nitrogens with zero attached hydrogens (tertiary/aromatic N) is 2. The Hall–Kier alpha value is -3.15. The van der Waals surface area contributed by atoms with E-state index in [4.69, 9.17) is 4.74 Å². The number of benzene rings is 3. The van der Waals surface area contributed by atoms with Gasteiger partial charge in [-0.3, -0.25) is 9.69 Å². The number of carbonyl (C=O) groups excluding carboxylic acids is 1. The van der Waals surface area contributed by atoms with Crippen LogP contribution >= 0.6 is 0 Å². The number of hydrogen-bond acceptors (Lipinski definition) is 4.